The SMILES string of the molecule is CC(C)CCC[C@H](C)CC[C@@H](C)CCC[C@@H](C)C1CCC(CCC[C@@H](C)CCOC[C@H](OCC[C@H](C)CCCC2CCC([C@H](C)CCC[C@H](C)CC[C@@H](C)CCCC(C)C)C2)C(=O)NCCCN(C)C)C1. The maximum atomic E-state index is 13.3. The molecule has 0 heterocycles. The van der Waals surface area contributed by atoms with E-state index in [0.29, 0.717) is 38.2 Å². The van der Waals surface area contributed by atoms with Gasteiger partial charge in [-0.3, -0.25) is 4.79 Å². The summed E-state index contributed by atoms with van der Waals surface area (Å²) in [6, 6.07) is 0. The highest BCUT2D eigenvalue weighted by molar-refractivity contribution is 5.80. The van der Waals surface area contributed by atoms with E-state index in [2.05, 4.69) is 107 Å². The molecule has 2 aliphatic carbocycles. The second-order valence-electron chi connectivity index (χ2n) is 27.5. The maximum absolute atomic E-state index is 13.3. The average Bonchev–Trinajstić information content (AvgIpc) is 4.00. The molecule has 422 valence electrons. The second kappa shape index (κ2) is 40.6. The Morgan fingerprint density at radius 1 is 0.465 bits per heavy atom. The van der Waals surface area contributed by atoms with Crippen LogP contribution >= 0.6 is 0 Å². The smallest absolute Gasteiger partial charge is 0.251 e. The molecule has 1 amide bonds. The van der Waals surface area contributed by atoms with E-state index in [0.717, 1.165) is 96.8 Å². The average molecular weight is 1000 g/mol. The van der Waals surface area contributed by atoms with Gasteiger partial charge in [-0.25, -0.2) is 0 Å². The van der Waals surface area contributed by atoms with Crippen molar-refractivity contribution in [2.24, 2.45) is 82.9 Å². The molecule has 0 bridgehead atoms. The molecule has 71 heavy (non-hydrogen) atoms. The number of hydrogen-bond acceptors (Lipinski definition) is 4. The van der Waals surface area contributed by atoms with Gasteiger partial charge in [-0.2, -0.15) is 0 Å². The first-order chi connectivity index (χ1) is 33.9. The lowest BCUT2D eigenvalue weighted by Gasteiger charge is -2.21. The Hall–Kier alpha value is -0.650. The van der Waals surface area contributed by atoms with Gasteiger partial charge in [-0.1, -0.05) is 237 Å². The first-order valence-corrected chi connectivity index (χ1v) is 32.0. The van der Waals surface area contributed by atoms with Crippen molar-refractivity contribution in [3.05, 3.63) is 0 Å². The van der Waals surface area contributed by atoms with Crippen molar-refractivity contribution < 1.29 is 14.3 Å². The summed E-state index contributed by atoms with van der Waals surface area (Å²) in [7, 11) is 4.17. The highest BCUT2D eigenvalue weighted by Crippen LogP contribution is 2.42. The third kappa shape index (κ3) is 34.6. The van der Waals surface area contributed by atoms with E-state index in [-0.39, 0.29) is 5.91 Å². The molecular weight excluding hydrogens is 869 g/mol. The molecule has 2 aliphatic rings. The molecule has 0 aromatic rings. The van der Waals surface area contributed by atoms with E-state index in [1.165, 1.54) is 180 Å². The molecule has 0 saturated heterocycles. The van der Waals surface area contributed by atoms with Crippen LogP contribution in [0, 0.1) is 82.9 Å². The Morgan fingerprint density at radius 2 is 0.859 bits per heavy atom. The number of nitrogens with zero attached hydrogens (tertiary/aromatic N) is 1. The fourth-order valence-electron chi connectivity index (χ4n) is 12.9. The number of amides is 1. The van der Waals surface area contributed by atoms with E-state index >= 15 is 0 Å². The van der Waals surface area contributed by atoms with Crippen molar-refractivity contribution in [2.75, 3.05) is 47.0 Å². The van der Waals surface area contributed by atoms with Crippen LogP contribution in [0.1, 0.15) is 282 Å². The number of carbonyl (C=O) groups is 1. The molecule has 0 spiro atoms. The van der Waals surface area contributed by atoms with Gasteiger partial charge >= 0.3 is 0 Å². The Morgan fingerprint density at radius 3 is 1.28 bits per heavy atom. The molecule has 2 fully saturated rings. The van der Waals surface area contributed by atoms with Crippen molar-refractivity contribution in [3.63, 3.8) is 0 Å². The van der Waals surface area contributed by atoms with Gasteiger partial charge in [0, 0.05) is 19.8 Å². The summed E-state index contributed by atoms with van der Waals surface area (Å²) < 4.78 is 12.6. The van der Waals surface area contributed by atoms with Crippen LogP contribution in [0.25, 0.3) is 0 Å². The molecule has 13 atom stereocenters. The standard InChI is InChI=1S/C66H130N2O3/c1-51(2)22-15-24-53(5)34-36-55(7)26-17-30-59(11)63-40-38-61(48-63)32-19-28-57(9)42-46-70-50-65(66(69)67-44-21-45-68(13)14)71-47-43-58(10)29-20-33-62-39-41-64(49-62)60(12)31-18-27-56(8)37-35-54(6)25-16-23-52(3)4/h51-65H,15-50H2,1-14H3,(H,67,69)/t53-,54-,55-,56-,57+,58+,59+,60+,61?,62?,63?,64?,65-/m0/s1. The molecule has 5 heteroatoms. The van der Waals surface area contributed by atoms with Crippen molar-refractivity contribution in [3.8, 4) is 0 Å². The zero-order chi connectivity index (χ0) is 52.4. The van der Waals surface area contributed by atoms with Crippen LogP contribution in [0.15, 0.2) is 0 Å². The van der Waals surface area contributed by atoms with E-state index in [1.807, 2.05) is 0 Å². The fraction of sp³-hybridized carbons (Fsp3) is 0.985. The quantitative estimate of drug-likeness (QED) is 0.0618. The Balaban J connectivity index is 1.60. The largest absolute Gasteiger partial charge is 0.378 e. The van der Waals surface area contributed by atoms with Crippen LogP contribution in [0.5, 0.6) is 0 Å². The van der Waals surface area contributed by atoms with Gasteiger partial charge in [0.15, 0.2) is 6.10 Å². The molecule has 0 aliphatic heterocycles. The highest BCUT2D eigenvalue weighted by atomic mass is 16.5. The lowest BCUT2D eigenvalue weighted by molar-refractivity contribution is -0.137. The van der Waals surface area contributed by atoms with Crippen LogP contribution in [-0.4, -0.2) is 63.9 Å². The molecule has 0 aromatic heterocycles. The van der Waals surface area contributed by atoms with E-state index in [4.69, 9.17) is 9.47 Å². The number of ether oxygens (including phenoxy) is 2. The maximum Gasteiger partial charge on any atom is 0.251 e. The topological polar surface area (TPSA) is 50.8 Å². The lowest BCUT2D eigenvalue weighted by atomic mass is 9.85. The second-order valence-corrected chi connectivity index (χ2v) is 27.5. The molecule has 5 nitrogen and oxygen atoms in total. The highest BCUT2D eigenvalue weighted by Gasteiger charge is 2.30. The van der Waals surface area contributed by atoms with Gasteiger partial charge in [-0.05, 0) is 148 Å². The summed E-state index contributed by atoms with van der Waals surface area (Å²) >= 11 is 0. The Bertz CT molecular complexity index is 1240. The summed E-state index contributed by atoms with van der Waals surface area (Å²) in [6.07, 6.45) is 42.0. The first-order valence-electron chi connectivity index (χ1n) is 32.0. The first kappa shape index (κ1) is 66.5. The Kier molecular flexibility index (Phi) is 38.0. The van der Waals surface area contributed by atoms with Gasteiger partial charge in [0.05, 0.1) is 6.61 Å². The fourth-order valence-corrected chi connectivity index (χ4v) is 12.9. The number of rotatable bonds is 46. The summed E-state index contributed by atoms with van der Waals surface area (Å²) in [5.41, 5.74) is 0. The van der Waals surface area contributed by atoms with Crippen molar-refractivity contribution in [1.82, 2.24) is 10.2 Å². The molecule has 2 saturated carbocycles. The minimum atomic E-state index is -0.523. The third-order valence-corrected chi connectivity index (χ3v) is 18.7. The summed E-state index contributed by atoms with van der Waals surface area (Å²) in [5.74, 6) is 12.1. The molecule has 2 rings (SSSR count). The van der Waals surface area contributed by atoms with E-state index in [1.54, 1.807) is 0 Å². The lowest BCUT2D eigenvalue weighted by Crippen LogP contribution is -2.40. The number of nitrogens with one attached hydrogen (secondary N) is 1. The normalized spacial score (nSPS) is 22.5. The van der Waals surface area contributed by atoms with Crippen LogP contribution in [0.4, 0.5) is 0 Å². The van der Waals surface area contributed by atoms with Gasteiger partial charge in [-0.15, -0.1) is 0 Å². The molecular formula is C66H130N2O3. The van der Waals surface area contributed by atoms with Crippen LogP contribution in [0.2, 0.25) is 0 Å². The number of hydrogen-bond donors (Lipinski definition) is 1. The minimum absolute atomic E-state index is 0.00631. The van der Waals surface area contributed by atoms with Crippen molar-refractivity contribution in [1.29, 1.82) is 0 Å². The monoisotopic (exact) mass is 999 g/mol. The van der Waals surface area contributed by atoms with Crippen LogP contribution < -0.4 is 5.32 Å². The minimum Gasteiger partial charge on any atom is -0.378 e. The third-order valence-electron chi connectivity index (χ3n) is 18.7. The molecule has 4 unspecified atom stereocenters. The summed E-state index contributed by atoms with van der Waals surface area (Å²) in [6.45, 7) is 32.7. The molecule has 0 radical (unpaired) electrons. The molecule has 1 N–H and O–H groups in total. The van der Waals surface area contributed by atoms with Crippen molar-refractivity contribution in [2.45, 2.75) is 288 Å². The predicted molar refractivity (Wildman–Crippen MR) is 312 cm³/mol. The van der Waals surface area contributed by atoms with Crippen LogP contribution in [0.3, 0.4) is 0 Å². The molecule has 0 aromatic carbocycles. The van der Waals surface area contributed by atoms with Gasteiger partial charge in [0.2, 0.25) is 0 Å². The Labute approximate surface area is 446 Å². The van der Waals surface area contributed by atoms with E-state index in [9.17, 15) is 4.79 Å². The van der Waals surface area contributed by atoms with Crippen LogP contribution in [-0.2, 0) is 14.3 Å². The van der Waals surface area contributed by atoms with E-state index < -0.39 is 6.10 Å². The summed E-state index contributed by atoms with van der Waals surface area (Å²) in [4.78, 5) is 15.5. The van der Waals surface area contributed by atoms with Crippen molar-refractivity contribution >= 4 is 5.91 Å². The zero-order valence-corrected chi connectivity index (χ0v) is 50.8. The predicted octanol–water partition coefficient (Wildman–Crippen LogP) is 19.1. The van der Waals surface area contributed by atoms with Gasteiger partial charge in [0.1, 0.15) is 0 Å². The zero-order valence-electron chi connectivity index (χ0n) is 50.8. The van der Waals surface area contributed by atoms with Gasteiger partial charge in [0.25, 0.3) is 5.91 Å². The summed E-state index contributed by atoms with van der Waals surface area (Å²) in [5, 5.41) is 3.16. The number of carbonyl (C=O) groups excluding carboxylic acids is 1. The van der Waals surface area contributed by atoms with Gasteiger partial charge < -0.3 is 19.7 Å².